The fraction of sp³-hybridized carbons (Fsp3) is 0.300. The van der Waals surface area contributed by atoms with E-state index in [2.05, 4.69) is 5.32 Å². The van der Waals surface area contributed by atoms with E-state index in [0.29, 0.717) is 5.56 Å². The standard InChI is InChI=1S/C20H22ClN3O5S/c1-12(2)14-5-3-4-6-16(14)20(10-24(11-20)30(22,28)29)19(27)23-17-8-7-13(21)9-15(17)18(25)26/h3-9,12H,10-11H2,1-2H3,(H,23,27)(H,25,26)(H2,22,28,29). The summed E-state index contributed by atoms with van der Waals surface area (Å²) in [5, 5.41) is 17.6. The van der Waals surface area contributed by atoms with Crippen molar-refractivity contribution >= 4 is 39.4 Å². The van der Waals surface area contributed by atoms with Gasteiger partial charge in [-0.15, -0.1) is 0 Å². The maximum absolute atomic E-state index is 13.4. The minimum atomic E-state index is -3.97. The normalized spacial score (nSPS) is 16.2. The number of benzene rings is 2. The molecule has 1 aliphatic heterocycles. The lowest BCUT2D eigenvalue weighted by molar-refractivity contribution is -0.125. The molecule has 4 N–H and O–H groups in total. The van der Waals surface area contributed by atoms with Crippen LogP contribution in [-0.4, -0.2) is 42.8 Å². The maximum Gasteiger partial charge on any atom is 0.337 e. The summed E-state index contributed by atoms with van der Waals surface area (Å²) in [4.78, 5) is 25.0. The van der Waals surface area contributed by atoms with Crippen molar-refractivity contribution in [2.45, 2.75) is 25.2 Å². The average molecular weight is 452 g/mol. The van der Waals surface area contributed by atoms with Gasteiger partial charge in [0.1, 0.15) is 5.41 Å². The highest BCUT2D eigenvalue weighted by Gasteiger charge is 2.54. The van der Waals surface area contributed by atoms with Crippen molar-refractivity contribution in [3.63, 3.8) is 0 Å². The van der Waals surface area contributed by atoms with E-state index in [0.717, 1.165) is 9.87 Å². The Labute approximate surface area is 179 Å². The zero-order valence-electron chi connectivity index (χ0n) is 16.4. The van der Waals surface area contributed by atoms with E-state index in [1.54, 1.807) is 12.1 Å². The summed E-state index contributed by atoms with van der Waals surface area (Å²) in [5.74, 6) is -1.68. The maximum atomic E-state index is 13.4. The summed E-state index contributed by atoms with van der Waals surface area (Å²) < 4.78 is 24.6. The summed E-state index contributed by atoms with van der Waals surface area (Å²) in [7, 11) is -3.97. The van der Waals surface area contributed by atoms with Crippen LogP contribution in [0.4, 0.5) is 5.69 Å². The monoisotopic (exact) mass is 451 g/mol. The third-order valence-electron chi connectivity index (χ3n) is 5.25. The van der Waals surface area contributed by atoms with Crippen LogP contribution in [0.3, 0.4) is 0 Å². The summed E-state index contributed by atoms with van der Waals surface area (Å²) >= 11 is 5.88. The highest BCUT2D eigenvalue weighted by molar-refractivity contribution is 7.86. The van der Waals surface area contributed by atoms with E-state index in [1.807, 2.05) is 26.0 Å². The number of amides is 1. The molecular formula is C20H22ClN3O5S. The van der Waals surface area contributed by atoms with Crippen LogP contribution in [0.1, 0.15) is 41.3 Å². The van der Waals surface area contributed by atoms with Gasteiger partial charge in [0.25, 0.3) is 10.2 Å². The first kappa shape index (κ1) is 22.2. The van der Waals surface area contributed by atoms with E-state index in [-0.39, 0.29) is 35.3 Å². The minimum absolute atomic E-state index is 0.0763. The van der Waals surface area contributed by atoms with Crippen molar-refractivity contribution in [3.8, 4) is 0 Å². The molecule has 0 radical (unpaired) electrons. The number of hydrogen-bond donors (Lipinski definition) is 3. The topological polar surface area (TPSA) is 130 Å². The van der Waals surface area contributed by atoms with Crippen LogP contribution < -0.4 is 10.5 Å². The van der Waals surface area contributed by atoms with Gasteiger partial charge in [0.2, 0.25) is 5.91 Å². The molecule has 0 bridgehead atoms. The van der Waals surface area contributed by atoms with Gasteiger partial charge in [-0.1, -0.05) is 49.7 Å². The number of carboxylic acids is 1. The molecule has 160 valence electrons. The third kappa shape index (κ3) is 4.06. The molecule has 1 saturated heterocycles. The summed E-state index contributed by atoms with van der Waals surface area (Å²) in [6, 6.07) is 11.4. The molecule has 0 saturated carbocycles. The number of carbonyl (C=O) groups is 2. The van der Waals surface area contributed by atoms with Crippen LogP contribution in [0.5, 0.6) is 0 Å². The molecule has 30 heavy (non-hydrogen) atoms. The number of carbonyl (C=O) groups excluding carboxylic acids is 1. The highest BCUT2D eigenvalue weighted by atomic mass is 35.5. The first-order valence-corrected chi connectivity index (χ1v) is 11.1. The van der Waals surface area contributed by atoms with Gasteiger partial charge in [-0.3, -0.25) is 4.79 Å². The lowest BCUT2D eigenvalue weighted by Crippen LogP contribution is -2.67. The predicted octanol–water partition coefficient (Wildman–Crippen LogP) is 2.56. The zero-order chi connectivity index (χ0) is 22.3. The van der Waals surface area contributed by atoms with Gasteiger partial charge in [-0.05, 0) is 35.2 Å². The van der Waals surface area contributed by atoms with Crippen LogP contribution in [0, 0.1) is 0 Å². The molecule has 0 spiro atoms. The largest absolute Gasteiger partial charge is 0.478 e. The van der Waals surface area contributed by atoms with Gasteiger partial charge in [-0.25, -0.2) is 9.93 Å². The van der Waals surface area contributed by atoms with Crippen molar-refractivity contribution in [3.05, 3.63) is 64.2 Å². The molecule has 0 unspecified atom stereocenters. The second-order valence-corrected chi connectivity index (χ2v) is 9.57. The molecule has 8 nitrogen and oxygen atoms in total. The first-order valence-electron chi connectivity index (χ1n) is 9.17. The number of aromatic carboxylic acids is 1. The van der Waals surface area contributed by atoms with E-state index < -0.39 is 27.5 Å². The second-order valence-electron chi connectivity index (χ2n) is 7.59. The van der Waals surface area contributed by atoms with E-state index in [1.165, 1.54) is 18.2 Å². The van der Waals surface area contributed by atoms with Gasteiger partial charge in [0.15, 0.2) is 0 Å². The number of nitrogens with one attached hydrogen (secondary N) is 1. The van der Waals surface area contributed by atoms with Crippen LogP contribution in [0.15, 0.2) is 42.5 Å². The second kappa shape index (κ2) is 7.99. The molecule has 1 amide bonds. The fourth-order valence-corrected chi connectivity index (χ4v) is 4.63. The van der Waals surface area contributed by atoms with Gasteiger partial charge < -0.3 is 10.4 Å². The number of hydrogen-bond acceptors (Lipinski definition) is 4. The van der Waals surface area contributed by atoms with Crippen LogP contribution >= 0.6 is 11.6 Å². The van der Waals surface area contributed by atoms with Crippen molar-refractivity contribution in [2.75, 3.05) is 18.4 Å². The van der Waals surface area contributed by atoms with Gasteiger partial charge in [0, 0.05) is 18.1 Å². The number of carboxylic acid groups (broad SMARTS) is 1. The van der Waals surface area contributed by atoms with Crippen molar-refractivity contribution in [2.24, 2.45) is 5.14 Å². The van der Waals surface area contributed by atoms with Crippen molar-refractivity contribution in [1.29, 1.82) is 0 Å². The van der Waals surface area contributed by atoms with E-state index in [9.17, 15) is 23.1 Å². The minimum Gasteiger partial charge on any atom is -0.478 e. The Morgan fingerprint density at radius 2 is 1.83 bits per heavy atom. The molecule has 2 aromatic carbocycles. The van der Waals surface area contributed by atoms with Crippen molar-refractivity contribution in [1.82, 2.24) is 4.31 Å². The Bertz CT molecular complexity index is 1110. The van der Waals surface area contributed by atoms with Gasteiger partial charge in [-0.2, -0.15) is 12.7 Å². The number of anilines is 1. The number of nitrogens with zero attached hydrogens (tertiary/aromatic N) is 1. The van der Waals surface area contributed by atoms with Crippen LogP contribution in [0.25, 0.3) is 0 Å². The summed E-state index contributed by atoms with van der Waals surface area (Å²) in [5.41, 5.74) is 0.292. The molecule has 1 aliphatic rings. The Kier molecular flexibility index (Phi) is 5.92. The molecular weight excluding hydrogens is 430 g/mol. The summed E-state index contributed by atoms with van der Waals surface area (Å²) in [6.45, 7) is 3.67. The first-order chi connectivity index (χ1) is 14.0. The molecule has 10 heteroatoms. The van der Waals surface area contributed by atoms with E-state index in [4.69, 9.17) is 16.7 Å². The van der Waals surface area contributed by atoms with Crippen LogP contribution in [0.2, 0.25) is 5.02 Å². The highest BCUT2D eigenvalue weighted by Crippen LogP contribution is 2.40. The zero-order valence-corrected chi connectivity index (χ0v) is 18.0. The predicted molar refractivity (Wildman–Crippen MR) is 114 cm³/mol. The number of rotatable bonds is 6. The van der Waals surface area contributed by atoms with E-state index >= 15 is 0 Å². The lowest BCUT2D eigenvalue weighted by atomic mass is 9.71. The Morgan fingerprint density at radius 3 is 2.40 bits per heavy atom. The smallest absolute Gasteiger partial charge is 0.337 e. The molecule has 0 aliphatic carbocycles. The molecule has 1 fully saturated rings. The number of nitrogens with two attached hydrogens (primary N) is 1. The van der Waals surface area contributed by atoms with Crippen molar-refractivity contribution < 1.29 is 23.1 Å². The Hall–Kier alpha value is -2.46. The molecule has 0 aromatic heterocycles. The fourth-order valence-electron chi connectivity index (χ4n) is 3.65. The lowest BCUT2D eigenvalue weighted by Gasteiger charge is -2.48. The van der Waals surface area contributed by atoms with Crippen LogP contribution in [-0.2, 0) is 20.4 Å². The molecule has 1 heterocycles. The summed E-state index contributed by atoms with van der Waals surface area (Å²) in [6.07, 6.45) is 0. The molecule has 0 atom stereocenters. The molecule has 2 aromatic rings. The quantitative estimate of drug-likeness (QED) is 0.621. The average Bonchev–Trinajstić information content (AvgIpc) is 2.61. The molecule has 3 rings (SSSR count). The third-order valence-corrected chi connectivity index (χ3v) is 6.46. The SMILES string of the molecule is CC(C)c1ccccc1C1(C(=O)Nc2ccc(Cl)cc2C(=O)O)CN(S(N)(=O)=O)C1. The van der Waals surface area contributed by atoms with Gasteiger partial charge >= 0.3 is 5.97 Å². The van der Waals surface area contributed by atoms with Gasteiger partial charge in [0.05, 0.1) is 11.3 Å². The number of halogens is 1. The Balaban J connectivity index is 2.06. The Morgan fingerprint density at radius 1 is 1.20 bits per heavy atom.